The summed E-state index contributed by atoms with van der Waals surface area (Å²) in [5.74, 6) is 2.06. The van der Waals surface area contributed by atoms with Crippen molar-refractivity contribution >= 4 is 16.9 Å². The summed E-state index contributed by atoms with van der Waals surface area (Å²) in [6.07, 6.45) is 6.93. The first-order valence-corrected chi connectivity index (χ1v) is 9.33. The number of ether oxygens (including phenoxy) is 1. The third-order valence-electron chi connectivity index (χ3n) is 6.05. The van der Waals surface area contributed by atoms with Gasteiger partial charge < -0.3 is 4.74 Å². The zero-order chi connectivity index (χ0) is 17.4. The highest BCUT2D eigenvalue weighted by molar-refractivity contribution is 5.82. The van der Waals surface area contributed by atoms with Gasteiger partial charge in [-0.2, -0.15) is 0 Å². The predicted octanol–water partition coefficient (Wildman–Crippen LogP) is 4.85. The average Bonchev–Trinajstić information content (AvgIpc) is 3.12. The van der Waals surface area contributed by atoms with E-state index in [0.717, 1.165) is 36.6 Å². The zero-order valence-electron chi connectivity index (χ0n) is 14.6. The molecule has 0 saturated heterocycles. The Bertz CT molecular complexity index is 777. The molecule has 1 unspecified atom stereocenters. The topological polar surface area (TPSA) is 39.2 Å². The van der Waals surface area contributed by atoms with Crippen molar-refractivity contribution in [2.24, 2.45) is 17.8 Å². The van der Waals surface area contributed by atoms with Crippen LogP contribution in [0.25, 0.3) is 10.9 Å². The second-order valence-electron chi connectivity index (χ2n) is 7.60. The number of hydrogen-bond acceptors (Lipinski definition) is 3. The second kappa shape index (κ2) is 6.74. The minimum absolute atomic E-state index is 0.0559. The van der Waals surface area contributed by atoms with Crippen LogP contribution in [0.3, 0.4) is 0 Å². The molecule has 2 aromatic rings. The maximum Gasteiger partial charge on any atom is 0.306 e. The van der Waals surface area contributed by atoms with Crippen molar-refractivity contribution in [3.8, 4) is 0 Å². The maximum absolute atomic E-state index is 13.7. The van der Waals surface area contributed by atoms with E-state index in [1.54, 1.807) is 12.1 Å². The molecular formula is C21H24FNO2. The van der Waals surface area contributed by atoms with Crippen molar-refractivity contribution in [3.05, 3.63) is 41.8 Å². The first kappa shape index (κ1) is 16.5. The molecular weight excluding hydrogens is 317 g/mol. The lowest BCUT2D eigenvalue weighted by atomic mass is 9.90. The van der Waals surface area contributed by atoms with Crippen LogP contribution in [0.15, 0.2) is 30.5 Å². The number of aromatic nitrogens is 1. The van der Waals surface area contributed by atoms with E-state index in [9.17, 15) is 9.18 Å². The van der Waals surface area contributed by atoms with Crippen LogP contribution < -0.4 is 0 Å². The van der Waals surface area contributed by atoms with Crippen LogP contribution >= 0.6 is 0 Å². The van der Waals surface area contributed by atoms with Crippen molar-refractivity contribution in [2.45, 2.75) is 44.9 Å². The highest BCUT2D eigenvalue weighted by atomic mass is 19.1. The van der Waals surface area contributed by atoms with E-state index < -0.39 is 0 Å². The molecule has 0 N–H and O–H groups in total. The fourth-order valence-corrected chi connectivity index (χ4v) is 5.11. The molecule has 0 spiro atoms. The minimum Gasteiger partial charge on any atom is -0.466 e. The van der Waals surface area contributed by atoms with E-state index in [1.165, 1.54) is 11.6 Å². The van der Waals surface area contributed by atoms with Crippen molar-refractivity contribution in [1.29, 1.82) is 0 Å². The van der Waals surface area contributed by atoms with Gasteiger partial charge in [0.2, 0.25) is 0 Å². The van der Waals surface area contributed by atoms with Gasteiger partial charge in [-0.15, -0.1) is 0 Å². The van der Waals surface area contributed by atoms with Crippen LogP contribution in [0.5, 0.6) is 0 Å². The van der Waals surface area contributed by atoms with Crippen LogP contribution in [0.2, 0.25) is 0 Å². The molecule has 3 nitrogen and oxygen atoms in total. The Kier molecular flexibility index (Phi) is 4.45. The number of carbonyl (C=O) groups excluding carboxylic acids is 1. The predicted molar refractivity (Wildman–Crippen MR) is 94.6 cm³/mol. The van der Waals surface area contributed by atoms with Gasteiger partial charge in [0.15, 0.2) is 0 Å². The first-order valence-electron chi connectivity index (χ1n) is 9.33. The highest BCUT2D eigenvalue weighted by Crippen LogP contribution is 2.53. The number of carbonyl (C=O) groups is 1. The SMILES string of the molecule is CCOC(=O)C[C@@H]1CC2C[C@@H](c3ccnc4ccc(F)cc34)C[C@@H]2C1. The molecule has 2 fully saturated rings. The molecule has 0 bridgehead atoms. The van der Waals surface area contributed by atoms with E-state index in [2.05, 4.69) is 11.1 Å². The van der Waals surface area contributed by atoms with Gasteiger partial charge in [-0.05, 0) is 86.1 Å². The van der Waals surface area contributed by atoms with Crippen LogP contribution in [0.4, 0.5) is 4.39 Å². The average molecular weight is 341 g/mol. The number of halogens is 1. The fourth-order valence-electron chi connectivity index (χ4n) is 5.11. The quantitative estimate of drug-likeness (QED) is 0.747. The summed E-state index contributed by atoms with van der Waals surface area (Å²) in [5.41, 5.74) is 2.11. The lowest BCUT2D eigenvalue weighted by molar-refractivity contribution is -0.144. The fraction of sp³-hybridized carbons (Fsp3) is 0.524. The number of nitrogens with zero attached hydrogens (tertiary/aromatic N) is 1. The number of hydrogen-bond donors (Lipinski definition) is 0. The number of pyridine rings is 1. The lowest BCUT2D eigenvalue weighted by Crippen LogP contribution is -2.10. The molecule has 4 atom stereocenters. The van der Waals surface area contributed by atoms with Gasteiger partial charge >= 0.3 is 5.97 Å². The minimum atomic E-state index is -0.200. The van der Waals surface area contributed by atoms with E-state index >= 15 is 0 Å². The Balaban J connectivity index is 1.47. The Labute approximate surface area is 147 Å². The number of esters is 1. The van der Waals surface area contributed by atoms with Gasteiger partial charge in [-0.25, -0.2) is 4.39 Å². The molecule has 1 heterocycles. The summed E-state index contributed by atoms with van der Waals surface area (Å²) >= 11 is 0. The van der Waals surface area contributed by atoms with E-state index in [-0.39, 0.29) is 11.8 Å². The van der Waals surface area contributed by atoms with Gasteiger partial charge in [0.25, 0.3) is 0 Å². The summed E-state index contributed by atoms with van der Waals surface area (Å²) in [5, 5.41) is 0.954. The third kappa shape index (κ3) is 3.26. The van der Waals surface area contributed by atoms with Crippen LogP contribution in [-0.2, 0) is 9.53 Å². The number of rotatable bonds is 4. The lowest BCUT2D eigenvalue weighted by Gasteiger charge is -2.16. The summed E-state index contributed by atoms with van der Waals surface area (Å²) in [6, 6.07) is 6.92. The van der Waals surface area contributed by atoms with Gasteiger partial charge in [0.1, 0.15) is 5.82 Å². The van der Waals surface area contributed by atoms with Gasteiger partial charge in [0.05, 0.1) is 12.1 Å². The van der Waals surface area contributed by atoms with Gasteiger partial charge in [0, 0.05) is 18.0 Å². The molecule has 1 aromatic carbocycles. The molecule has 2 saturated carbocycles. The molecule has 0 radical (unpaired) electrons. The van der Waals surface area contributed by atoms with E-state index in [0.29, 0.717) is 36.7 Å². The number of fused-ring (bicyclic) bond motifs is 2. The summed E-state index contributed by atoms with van der Waals surface area (Å²) in [7, 11) is 0. The molecule has 25 heavy (non-hydrogen) atoms. The smallest absolute Gasteiger partial charge is 0.306 e. The second-order valence-corrected chi connectivity index (χ2v) is 7.60. The van der Waals surface area contributed by atoms with Crippen LogP contribution in [-0.4, -0.2) is 17.6 Å². The Hall–Kier alpha value is -1.97. The Morgan fingerprint density at radius 2 is 1.96 bits per heavy atom. The summed E-state index contributed by atoms with van der Waals surface area (Å²) in [4.78, 5) is 16.1. The maximum atomic E-state index is 13.7. The van der Waals surface area contributed by atoms with Crippen molar-refractivity contribution in [1.82, 2.24) is 4.98 Å². The molecule has 2 aliphatic rings. The van der Waals surface area contributed by atoms with Crippen LogP contribution in [0.1, 0.15) is 50.5 Å². The molecule has 1 aromatic heterocycles. The molecule has 0 aliphatic heterocycles. The number of benzene rings is 1. The van der Waals surface area contributed by atoms with Crippen molar-refractivity contribution < 1.29 is 13.9 Å². The Morgan fingerprint density at radius 3 is 2.68 bits per heavy atom. The standard InChI is InChI=1S/C21H24FNO2/c1-2-25-21(24)9-13-7-14-10-16(11-15(14)8-13)18-5-6-23-20-4-3-17(22)12-19(18)20/h3-6,12-16H,2,7-11H2,1H3/t13-,14-,15?,16-/m0/s1. The Morgan fingerprint density at radius 1 is 1.20 bits per heavy atom. The molecule has 4 rings (SSSR count). The van der Waals surface area contributed by atoms with Crippen molar-refractivity contribution in [3.63, 3.8) is 0 Å². The molecule has 4 heteroatoms. The molecule has 132 valence electrons. The van der Waals surface area contributed by atoms with Crippen molar-refractivity contribution in [2.75, 3.05) is 6.61 Å². The third-order valence-corrected chi connectivity index (χ3v) is 6.05. The van der Waals surface area contributed by atoms with E-state index in [1.807, 2.05) is 13.1 Å². The normalized spacial score (nSPS) is 28.2. The van der Waals surface area contributed by atoms with Gasteiger partial charge in [-0.3, -0.25) is 9.78 Å². The largest absolute Gasteiger partial charge is 0.466 e. The first-order chi connectivity index (χ1) is 12.1. The van der Waals surface area contributed by atoms with Crippen LogP contribution in [0, 0.1) is 23.6 Å². The zero-order valence-corrected chi connectivity index (χ0v) is 14.6. The summed E-state index contributed by atoms with van der Waals surface area (Å²) < 4.78 is 18.8. The molecule has 0 amide bonds. The molecule has 2 aliphatic carbocycles. The van der Waals surface area contributed by atoms with Gasteiger partial charge in [-0.1, -0.05) is 0 Å². The van der Waals surface area contributed by atoms with E-state index in [4.69, 9.17) is 4.74 Å². The highest BCUT2D eigenvalue weighted by Gasteiger charge is 2.42. The monoisotopic (exact) mass is 341 g/mol. The summed E-state index contributed by atoms with van der Waals surface area (Å²) in [6.45, 7) is 2.32.